The fourth-order valence-electron chi connectivity index (χ4n) is 3.27. The normalized spacial score (nSPS) is 30.4. The van der Waals surface area contributed by atoms with Crippen molar-refractivity contribution in [1.82, 2.24) is 4.90 Å². The van der Waals surface area contributed by atoms with Crippen LogP contribution in [-0.2, 0) is 4.79 Å². The molecule has 3 nitrogen and oxygen atoms in total. The predicted molar refractivity (Wildman–Crippen MR) is 63.4 cm³/mol. The number of carboxylic acid groups (broad SMARTS) is 1. The van der Waals surface area contributed by atoms with E-state index in [4.69, 9.17) is 5.11 Å². The predicted octanol–water partition coefficient (Wildman–Crippen LogP) is 2.36. The number of nitrogens with zero attached hydrogens (tertiary/aromatic N) is 1. The zero-order valence-electron chi connectivity index (χ0n) is 10.2. The topological polar surface area (TPSA) is 40.5 Å². The maximum absolute atomic E-state index is 10.9. The molecule has 0 amide bonds. The number of hydrogen-bond donors (Lipinski definition) is 1. The Labute approximate surface area is 97.8 Å². The minimum absolute atomic E-state index is 0.119. The number of hydrogen-bond acceptors (Lipinski definition) is 2. The summed E-state index contributed by atoms with van der Waals surface area (Å²) in [7, 11) is 0. The maximum atomic E-state index is 10.9. The van der Waals surface area contributed by atoms with E-state index in [-0.39, 0.29) is 5.92 Å². The lowest BCUT2D eigenvalue weighted by molar-refractivity contribution is -0.141. The van der Waals surface area contributed by atoms with Crippen LogP contribution in [0.15, 0.2) is 0 Å². The summed E-state index contributed by atoms with van der Waals surface area (Å²) >= 11 is 0. The van der Waals surface area contributed by atoms with E-state index in [1.54, 1.807) is 0 Å². The van der Waals surface area contributed by atoms with Crippen molar-refractivity contribution in [3.05, 3.63) is 0 Å². The van der Waals surface area contributed by atoms with Crippen LogP contribution in [0.25, 0.3) is 0 Å². The molecule has 0 bridgehead atoms. The average molecular weight is 225 g/mol. The molecule has 2 rings (SSSR count). The van der Waals surface area contributed by atoms with Gasteiger partial charge in [0.25, 0.3) is 0 Å². The highest BCUT2D eigenvalue weighted by Crippen LogP contribution is 2.31. The fourth-order valence-corrected chi connectivity index (χ4v) is 3.27. The summed E-state index contributed by atoms with van der Waals surface area (Å²) in [5.74, 6) is 0.0747. The maximum Gasteiger partial charge on any atom is 0.307 e. The average Bonchev–Trinajstić information content (AvgIpc) is 2.78. The van der Waals surface area contributed by atoms with Gasteiger partial charge < -0.3 is 5.11 Å². The number of aliphatic carboxylic acids is 1. The largest absolute Gasteiger partial charge is 0.481 e. The Morgan fingerprint density at radius 3 is 2.50 bits per heavy atom. The summed E-state index contributed by atoms with van der Waals surface area (Å²) in [6, 6.07) is 0.588. The third-order valence-corrected chi connectivity index (χ3v) is 4.48. The zero-order chi connectivity index (χ0) is 11.5. The van der Waals surface area contributed by atoms with Crippen LogP contribution in [0.4, 0.5) is 0 Å². The minimum Gasteiger partial charge on any atom is -0.481 e. The molecular weight excluding hydrogens is 202 g/mol. The van der Waals surface area contributed by atoms with Crippen LogP contribution in [0.2, 0.25) is 0 Å². The molecule has 16 heavy (non-hydrogen) atoms. The molecule has 1 saturated heterocycles. The SMILES string of the molecule is CC(C1CCCCC1)N1CCC(C(=O)O)C1. The molecular formula is C13H23NO2. The molecule has 2 atom stereocenters. The molecule has 0 radical (unpaired) electrons. The Bertz CT molecular complexity index is 248. The summed E-state index contributed by atoms with van der Waals surface area (Å²) in [5, 5.41) is 9.00. The van der Waals surface area contributed by atoms with Crippen LogP contribution in [-0.4, -0.2) is 35.1 Å². The standard InChI is InChI=1S/C13H23NO2/c1-10(11-5-3-2-4-6-11)14-8-7-12(9-14)13(15)16/h10-12H,2-9H2,1H3,(H,15,16). The van der Waals surface area contributed by atoms with Gasteiger partial charge in [-0.05, 0) is 38.6 Å². The van der Waals surface area contributed by atoms with Crippen molar-refractivity contribution in [1.29, 1.82) is 0 Å². The van der Waals surface area contributed by atoms with E-state index in [0.29, 0.717) is 6.04 Å². The van der Waals surface area contributed by atoms with Crippen LogP contribution in [0.1, 0.15) is 45.4 Å². The summed E-state index contributed by atoms with van der Waals surface area (Å²) in [4.78, 5) is 13.3. The van der Waals surface area contributed by atoms with E-state index >= 15 is 0 Å². The summed E-state index contributed by atoms with van der Waals surface area (Å²) in [5.41, 5.74) is 0. The van der Waals surface area contributed by atoms with Crippen molar-refractivity contribution < 1.29 is 9.90 Å². The van der Waals surface area contributed by atoms with Crippen LogP contribution in [0, 0.1) is 11.8 Å². The van der Waals surface area contributed by atoms with E-state index in [0.717, 1.165) is 25.4 Å². The Balaban J connectivity index is 1.85. The quantitative estimate of drug-likeness (QED) is 0.801. The van der Waals surface area contributed by atoms with Gasteiger partial charge in [0, 0.05) is 12.6 Å². The lowest BCUT2D eigenvalue weighted by Gasteiger charge is -2.34. The van der Waals surface area contributed by atoms with E-state index in [1.165, 1.54) is 32.1 Å². The Morgan fingerprint density at radius 1 is 1.25 bits per heavy atom. The molecule has 92 valence electrons. The van der Waals surface area contributed by atoms with Gasteiger partial charge in [0.2, 0.25) is 0 Å². The number of likely N-dealkylation sites (tertiary alicyclic amines) is 1. The lowest BCUT2D eigenvalue weighted by atomic mass is 9.84. The van der Waals surface area contributed by atoms with Gasteiger partial charge in [0.15, 0.2) is 0 Å². The zero-order valence-corrected chi connectivity index (χ0v) is 10.2. The van der Waals surface area contributed by atoms with Crippen molar-refractivity contribution in [3.8, 4) is 0 Å². The second-order valence-electron chi connectivity index (χ2n) is 5.46. The third kappa shape index (κ3) is 2.57. The molecule has 2 aliphatic rings. The molecule has 0 aromatic rings. The highest BCUT2D eigenvalue weighted by molar-refractivity contribution is 5.70. The first kappa shape index (κ1) is 11.9. The van der Waals surface area contributed by atoms with Crippen molar-refractivity contribution >= 4 is 5.97 Å². The molecule has 3 heteroatoms. The van der Waals surface area contributed by atoms with Gasteiger partial charge in [-0.25, -0.2) is 0 Å². The Kier molecular flexibility index (Phi) is 3.85. The molecule has 2 fully saturated rings. The van der Waals surface area contributed by atoms with Crippen molar-refractivity contribution in [2.45, 2.75) is 51.5 Å². The van der Waals surface area contributed by atoms with Gasteiger partial charge in [-0.15, -0.1) is 0 Å². The van der Waals surface area contributed by atoms with Crippen LogP contribution in [0.3, 0.4) is 0 Å². The smallest absolute Gasteiger partial charge is 0.307 e. The first-order chi connectivity index (χ1) is 7.68. The van der Waals surface area contributed by atoms with Crippen molar-refractivity contribution in [3.63, 3.8) is 0 Å². The molecule has 0 aromatic heterocycles. The molecule has 0 aromatic carbocycles. The first-order valence-corrected chi connectivity index (χ1v) is 6.65. The molecule has 1 saturated carbocycles. The van der Waals surface area contributed by atoms with Gasteiger partial charge in [-0.1, -0.05) is 19.3 Å². The van der Waals surface area contributed by atoms with E-state index in [1.807, 2.05) is 0 Å². The first-order valence-electron chi connectivity index (χ1n) is 6.65. The Morgan fingerprint density at radius 2 is 1.94 bits per heavy atom. The highest BCUT2D eigenvalue weighted by atomic mass is 16.4. The second kappa shape index (κ2) is 5.17. The lowest BCUT2D eigenvalue weighted by Crippen LogP contribution is -2.38. The fraction of sp³-hybridized carbons (Fsp3) is 0.923. The molecule has 0 spiro atoms. The molecule has 1 N–H and O–H groups in total. The monoisotopic (exact) mass is 225 g/mol. The third-order valence-electron chi connectivity index (χ3n) is 4.48. The van der Waals surface area contributed by atoms with Gasteiger partial charge in [0.05, 0.1) is 5.92 Å². The second-order valence-corrected chi connectivity index (χ2v) is 5.46. The van der Waals surface area contributed by atoms with Crippen LogP contribution < -0.4 is 0 Å². The number of rotatable bonds is 3. The van der Waals surface area contributed by atoms with Crippen LogP contribution >= 0.6 is 0 Å². The molecule has 1 heterocycles. The van der Waals surface area contributed by atoms with Gasteiger partial charge in [-0.3, -0.25) is 9.69 Å². The van der Waals surface area contributed by atoms with E-state index in [9.17, 15) is 4.79 Å². The number of carbonyl (C=O) groups is 1. The molecule has 1 aliphatic heterocycles. The Hall–Kier alpha value is -0.570. The summed E-state index contributed by atoms with van der Waals surface area (Å²) < 4.78 is 0. The highest BCUT2D eigenvalue weighted by Gasteiger charge is 2.33. The van der Waals surface area contributed by atoms with Crippen molar-refractivity contribution in [2.24, 2.45) is 11.8 Å². The molecule has 2 unspecified atom stereocenters. The van der Waals surface area contributed by atoms with Gasteiger partial charge in [0.1, 0.15) is 0 Å². The summed E-state index contributed by atoms with van der Waals surface area (Å²) in [6.45, 7) is 4.04. The minimum atomic E-state index is -0.613. The number of carboxylic acids is 1. The van der Waals surface area contributed by atoms with E-state index < -0.39 is 5.97 Å². The van der Waals surface area contributed by atoms with Gasteiger partial charge >= 0.3 is 5.97 Å². The van der Waals surface area contributed by atoms with Crippen molar-refractivity contribution in [2.75, 3.05) is 13.1 Å². The van der Waals surface area contributed by atoms with E-state index in [2.05, 4.69) is 11.8 Å². The van der Waals surface area contributed by atoms with Gasteiger partial charge in [-0.2, -0.15) is 0 Å². The summed E-state index contributed by atoms with van der Waals surface area (Å²) in [6.07, 6.45) is 7.65. The molecule has 1 aliphatic carbocycles. The van der Waals surface area contributed by atoms with Crippen LogP contribution in [0.5, 0.6) is 0 Å².